The van der Waals surface area contributed by atoms with Crippen molar-refractivity contribution in [3.63, 3.8) is 0 Å². The van der Waals surface area contributed by atoms with Crippen molar-refractivity contribution in [3.05, 3.63) is 16.1 Å². The molecule has 0 amide bonds. The number of rotatable bonds is 6. The summed E-state index contributed by atoms with van der Waals surface area (Å²) in [5, 5.41) is 6.87. The molecule has 0 aliphatic rings. The highest BCUT2D eigenvalue weighted by Gasteiger charge is 2.11. The van der Waals surface area contributed by atoms with Crippen molar-refractivity contribution in [2.24, 2.45) is 0 Å². The Hall–Kier alpha value is -0.450. The van der Waals surface area contributed by atoms with E-state index < -0.39 is 0 Å². The van der Waals surface area contributed by atoms with Gasteiger partial charge in [0.2, 0.25) is 0 Å². The fourth-order valence-electron chi connectivity index (χ4n) is 1.63. The molecule has 0 aliphatic carbocycles. The molecule has 1 aromatic rings. The van der Waals surface area contributed by atoms with E-state index in [4.69, 9.17) is 0 Å². The third-order valence-electron chi connectivity index (χ3n) is 2.62. The van der Waals surface area contributed by atoms with Gasteiger partial charge in [-0.15, -0.1) is 11.3 Å². The lowest BCUT2D eigenvalue weighted by atomic mass is 10.2. The lowest BCUT2D eigenvalue weighted by Crippen LogP contribution is -2.32. The van der Waals surface area contributed by atoms with Crippen molar-refractivity contribution in [2.75, 3.05) is 20.6 Å². The Labute approximate surface area is 103 Å². The van der Waals surface area contributed by atoms with E-state index in [1.165, 1.54) is 12.1 Å². The van der Waals surface area contributed by atoms with Crippen LogP contribution in [0.25, 0.3) is 0 Å². The Bertz CT molecular complexity index is 309. The molecule has 0 spiro atoms. The molecule has 3 nitrogen and oxygen atoms in total. The van der Waals surface area contributed by atoms with E-state index in [1.54, 1.807) is 11.3 Å². The van der Waals surface area contributed by atoms with Crippen LogP contribution >= 0.6 is 11.3 Å². The molecule has 2 unspecified atom stereocenters. The van der Waals surface area contributed by atoms with Gasteiger partial charge in [0.05, 0.1) is 10.7 Å². The summed E-state index contributed by atoms with van der Waals surface area (Å²) in [6.07, 6.45) is 1.17. The molecule has 1 heterocycles. The predicted octanol–water partition coefficient (Wildman–Crippen LogP) is 2.44. The monoisotopic (exact) mass is 241 g/mol. The smallest absolute Gasteiger partial charge is 0.0898 e. The number of aromatic nitrogens is 1. The SMILES string of the molecule is Cc1nc(C(C)NC(C)CCN(C)C)cs1. The second kappa shape index (κ2) is 6.33. The maximum atomic E-state index is 4.50. The Morgan fingerprint density at radius 2 is 2.12 bits per heavy atom. The topological polar surface area (TPSA) is 28.2 Å². The number of hydrogen-bond acceptors (Lipinski definition) is 4. The molecule has 1 N–H and O–H groups in total. The first kappa shape index (κ1) is 13.6. The van der Waals surface area contributed by atoms with E-state index in [9.17, 15) is 0 Å². The standard InChI is InChI=1S/C12H23N3S/c1-9(6-7-15(4)5)13-10(2)12-8-16-11(3)14-12/h8-10,13H,6-7H2,1-5H3. The summed E-state index contributed by atoms with van der Waals surface area (Å²) in [6, 6.07) is 0.876. The zero-order valence-electron chi connectivity index (χ0n) is 10.9. The molecule has 16 heavy (non-hydrogen) atoms. The van der Waals surface area contributed by atoms with E-state index in [2.05, 4.69) is 55.4 Å². The van der Waals surface area contributed by atoms with Gasteiger partial charge in [0.15, 0.2) is 0 Å². The van der Waals surface area contributed by atoms with Crippen LogP contribution in [-0.2, 0) is 0 Å². The molecular formula is C12H23N3S. The van der Waals surface area contributed by atoms with E-state index in [0.717, 1.165) is 11.6 Å². The molecule has 4 heteroatoms. The average molecular weight is 241 g/mol. The highest BCUT2D eigenvalue weighted by atomic mass is 32.1. The van der Waals surface area contributed by atoms with Crippen molar-refractivity contribution in [1.29, 1.82) is 0 Å². The number of thiazole rings is 1. The summed E-state index contributed by atoms with van der Waals surface area (Å²) in [7, 11) is 4.22. The maximum Gasteiger partial charge on any atom is 0.0898 e. The zero-order valence-corrected chi connectivity index (χ0v) is 11.8. The third-order valence-corrected chi connectivity index (χ3v) is 3.42. The minimum Gasteiger partial charge on any atom is -0.309 e. The molecule has 2 atom stereocenters. The highest BCUT2D eigenvalue weighted by Crippen LogP contribution is 2.16. The van der Waals surface area contributed by atoms with Crippen molar-refractivity contribution in [2.45, 2.75) is 39.3 Å². The molecule has 0 radical (unpaired) electrons. The third kappa shape index (κ3) is 4.60. The second-order valence-electron chi connectivity index (χ2n) is 4.67. The summed E-state index contributed by atoms with van der Waals surface area (Å²) in [5.74, 6) is 0. The van der Waals surface area contributed by atoms with Gasteiger partial charge in [0.25, 0.3) is 0 Å². The minimum atomic E-state index is 0.349. The first-order valence-corrected chi connectivity index (χ1v) is 6.69. The van der Waals surface area contributed by atoms with Crippen molar-refractivity contribution < 1.29 is 0 Å². The van der Waals surface area contributed by atoms with Gasteiger partial charge in [0.1, 0.15) is 0 Å². The molecule has 0 aromatic carbocycles. The Morgan fingerprint density at radius 3 is 2.62 bits per heavy atom. The molecule has 92 valence electrons. The summed E-state index contributed by atoms with van der Waals surface area (Å²) in [6.45, 7) is 7.59. The fraction of sp³-hybridized carbons (Fsp3) is 0.750. The van der Waals surface area contributed by atoms with Gasteiger partial charge in [-0.3, -0.25) is 0 Å². The van der Waals surface area contributed by atoms with E-state index in [-0.39, 0.29) is 0 Å². The lowest BCUT2D eigenvalue weighted by Gasteiger charge is -2.20. The molecule has 0 saturated heterocycles. The molecule has 0 aliphatic heterocycles. The van der Waals surface area contributed by atoms with Crippen molar-refractivity contribution in [1.82, 2.24) is 15.2 Å². The van der Waals surface area contributed by atoms with Gasteiger partial charge >= 0.3 is 0 Å². The van der Waals surface area contributed by atoms with Crippen LogP contribution in [-0.4, -0.2) is 36.6 Å². The van der Waals surface area contributed by atoms with Gasteiger partial charge in [-0.1, -0.05) is 0 Å². The van der Waals surface area contributed by atoms with Crippen LogP contribution in [0.5, 0.6) is 0 Å². The summed E-state index contributed by atoms with van der Waals surface area (Å²) >= 11 is 1.72. The highest BCUT2D eigenvalue weighted by molar-refractivity contribution is 7.09. The summed E-state index contributed by atoms with van der Waals surface area (Å²) in [4.78, 5) is 6.72. The molecule has 0 saturated carbocycles. The molecular weight excluding hydrogens is 218 g/mol. The number of nitrogens with one attached hydrogen (secondary N) is 1. The second-order valence-corrected chi connectivity index (χ2v) is 5.73. The first-order valence-electron chi connectivity index (χ1n) is 5.82. The fourth-order valence-corrected chi connectivity index (χ4v) is 2.33. The molecule has 0 bridgehead atoms. The molecule has 0 fully saturated rings. The quantitative estimate of drug-likeness (QED) is 0.829. The van der Waals surface area contributed by atoms with Crippen molar-refractivity contribution >= 4 is 11.3 Å². The van der Waals surface area contributed by atoms with E-state index in [0.29, 0.717) is 12.1 Å². The maximum absolute atomic E-state index is 4.50. The van der Waals surface area contributed by atoms with Crippen LogP contribution in [0.3, 0.4) is 0 Å². The predicted molar refractivity (Wildman–Crippen MR) is 71.0 cm³/mol. The van der Waals surface area contributed by atoms with Crippen LogP contribution in [0.15, 0.2) is 5.38 Å². The van der Waals surface area contributed by atoms with Crippen LogP contribution < -0.4 is 5.32 Å². The van der Waals surface area contributed by atoms with Gasteiger partial charge in [-0.2, -0.15) is 0 Å². The minimum absolute atomic E-state index is 0.349. The Balaban J connectivity index is 2.36. The Kier molecular flexibility index (Phi) is 5.38. The van der Waals surface area contributed by atoms with Crippen molar-refractivity contribution in [3.8, 4) is 0 Å². The molecule has 1 aromatic heterocycles. The van der Waals surface area contributed by atoms with Gasteiger partial charge < -0.3 is 10.2 Å². The average Bonchev–Trinajstić information content (AvgIpc) is 2.62. The lowest BCUT2D eigenvalue weighted by molar-refractivity contribution is 0.353. The van der Waals surface area contributed by atoms with E-state index >= 15 is 0 Å². The number of hydrogen-bond donors (Lipinski definition) is 1. The first-order chi connectivity index (χ1) is 7.49. The molecule has 1 rings (SSSR count). The van der Waals surface area contributed by atoms with Crippen LogP contribution in [0.4, 0.5) is 0 Å². The number of aryl methyl sites for hydroxylation is 1. The summed E-state index contributed by atoms with van der Waals surface area (Å²) in [5.41, 5.74) is 1.17. The van der Waals surface area contributed by atoms with Gasteiger partial charge in [-0.25, -0.2) is 4.98 Å². The summed E-state index contributed by atoms with van der Waals surface area (Å²) < 4.78 is 0. The Morgan fingerprint density at radius 1 is 1.44 bits per heavy atom. The van der Waals surface area contributed by atoms with Crippen LogP contribution in [0, 0.1) is 6.92 Å². The zero-order chi connectivity index (χ0) is 12.1. The largest absolute Gasteiger partial charge is 0.309 e. The van der Waals surface area contributed by atoms with Crippen LogP contribution in [0.1, 0.15) is 37.0 Å². The number of nitrogens with zero attached hydrogens (tertiary/aromatic N) is 2. The van der Waals surface area contributed by atoms with E-state index in [1.807, 2.05) is 0 Å². The van der Waals surface area contributed by atoms with Gasteiger partial charge in [0, 0.05) is 17.5 Å². The van der Waals surface area contributed by atoms with Crippen LogP contribution in [0.2, 0.25) is 0 Å². The van der Waals surface area contributed by atoms with Gasteiger partial charge in [-0.05, 0) is 47.8 Å². The normalized spacial score (nSPS) is 15.4.